The topological polar surface area (TPSA) is 12.0 Å². The van der Waals surface area contributed by atoms with Crippen molar-refractivity contribution in [1.82, 2.24) is 0 Å². The van der Waals surface area contributed by atoms with Crippen molar-refractivity contribution in [1.29, 1.82) is 0 Å². The molecule has 2 rings (SSSR count). The Balaban J connectivity index is 2.02. The third-order valence-electron chi connectivity index (χ3n) is 3.50. The van der Waals surface area contributed by atoms with Gasteiger partial charge in [0.15, 0.2) is 0 Å². The number of alkyl halides is 4. The van der Waals surface area contributed by atoms with Crippen LogP contribution in [-0.4, -0.2) is 11.4 Å². The Morgan fingerprint density at radius 1 is 1.00 bits per heavy atom. The fourth-order valence-electron chi connectivity index (χ4n) is 2.39. The van der Waals surface area contributed by atoms with Crippen LogP contribution >= 0.6 is 11.6 Å². The first-order valence-corrected chi connectivity index (χ1v) is 6.98. The molecule has 0 bridgehead atoms. The molecule has 0 aromatic heterocycles. The van der Waals surface area contributed by atoms with Crippen molar-refractivity contribution in [2.45, 2.75) is 49.7 Å². The lowest BCUT2D eigenvalue weighted by molar-refractivity contribution is -0.137. The van der Waals surface area contributed by atoms with E-state index in [9.17, 15) is 13.2 Å². The van der Waals surface area contributed by atoms with Crippen LogP contribution in [0.15, 0.2) is 24.3 Å². The summed E-state index contributed by atoms with van der Waals surface area (Å²) < 4.78 is 37.4. The van der Waals surface area contributed by atoms with Crippen LogP contribution in [0.5, 0.6) is 0 Å². The minimum atomic E-state index is -4.28. The van der Waals surface area contributed by atoms with Crippen molar-refractivity contribution in [3.05, 3.63) is 29.8 Å². The second kappa shape index (κ2) is 6.04. The van der Waals surface area contributed by atoms with E-state index >= 15 is 0 Å². The van der Waals surface area contributed by atoms with Gasteiger partial charge in [-0.3, -0.25) is 0 Å². The number of benzene rings is 1. The van der Waals surface area contributed by atoms with E-state index < -0.39 is 11.7 Å². The molecule has 5 heteroatoms. The molecule has 2 atom stereocenters. The van der Waals surface area contributed by atoms with Gasteiger partial charge in [-0.1, -0.05) is 19.3 Å². The van der Waals surface area contributed by atoms with Gasteiger partial charge in [0, 0.05) is 11.7 Å². The molecular weight excluding hydrogens is 275 g/mol. The van der Waals surface area contributed by atoms with Crippen LogP contribution in [0.25, 0.3) is 0 Å². The maximum absolute atomic E-state index is 12.5. The second-order valence-corrected chi connectivity index (χ2v) is 5.54. The summed E-state index contributed by atoms with van der Waals surface area (Å²) in [6.07, 6.45) is 1.06. The van der Waals surface area contributed by atoms with E-state index in [0.717, 1.165) is 37.8 Å². The van der Waals surface area contributed by atoms with Gasteiger partial charge < -0.3 is 5.32 Å². The number of halogens is 4. The van der Waals surface area contributed by atoms with E-state index in [4.69, 9.17) is 11.6 Å². The molecule has 0 aliphatic heterocycles. The third kappa shape index (κ3) is 4.03. The summed E-state index contributed by atoms with van der Waals surface area (Å²) in [6.45, 7) is 0. The molecule has 1 saturated carbocycles. The van der Waals surface area contributed by atoms with Gasteiger partial charge in [-0.15, -0.1) is 11.6 Å². The van der Waals surface area contributed by atoms with Crippen LogP contribution in [0.3, 0.4) is 0 Å². The third-order valence-corrected chi connectivity index (χ3v) is 4.02. The van der Waals surface area contributed by atoms with E-state index in [1.165, 1.54) is 18.6 Å². The first-order valence-electron chi connectivity index (χ1n) is 6.55. The largest absolute Gasteiger partial charge is 0.416 e. The molecular formula is C14H17ClF3N. The van der Waals surface area contributed by atoms with E-state index in [0.29, 0.717) is 5.69 Å². The lowest BCUT2D eigenvalue weighted by Gasteiger charge is -2.22. The zero-order valence-electron chi connectivity index (χ0n) is 10.5. The molecule has 0 saturated heterocycles. The summed E-state index contributed by atoms with van der Waals surface area (Å²) in [5, 5.41) is 3.30. The molecule has 1 aliphatic rings. The highest BCUT2D eigenvalue weighted by atomic mass is 35.5. The summed E-state index contributed by atoms with van der Waals surface area (Å²) >= 11 is 6.30. The number of rotatable bonds is 2. The molecule has 1 aliphatic carbocycles. The second-order valence-electron chi connectivity index (χ2n) is 4.98. The summed E-state index contributed by atoms with van der Waals surface area (Å²) in [5.41, 5.74) is 0.0758. The predicted molar refractivity (Wildman–Crippen MR) is 71.6 cm³/mol. The average Bonchev–Trinajstić information content (AvgIpc) is 2.55. The highest BCUT2D eigenvalue weighted by molar-refractivity contribution is 6.21. The van der Waals surface area contributed by atoms with Crippen LogP contribution in [0.2, 0.25) is 0 Å². The molecule has 1 N–H and O–H groups in total. The van der Waals surface area contributed by atoms with Crippen molar-refractivity contribution in [2.75, 3.05) is 5.32 Å². The monoisotopic (exact) mass is 291 g/mol. The molecule has 0 amide bonds. The zero-order chi connectivity index (χ0) is 13.9. The standard InChI is InChI=1S/C14H17ClF3N/c15-12-4-2-1-3-5-13(12)19-11-8-6-10(7-9-11)14(16,17)18/h6-9,12-13,19H,1-5H2. The molecule has 0 radical (unpaired) electrons. The van der Waals surface area contributed by atoms with E-state index in [2.05, 4.69) is 5.32 Å². The fourth-order valence-corrected chi connectivity index (χ4v) is 2.74. The lowest BCUT2D eigenvalue weighted by atomic mass is 10.1. The van der Waals surface area contributed by atoms with Crippen LogP contribution < -0.4 is 5.32 Å². The van der Waals surface area contributed by atoms with Gasteiger partial charge in [-0.2, -0.15) is 13.2 Å². The summed E-state index contributed by atoms with van der Waals surface area (Å²) in [6, 6.07) is 5.28. The van der Waals surface area contributed by atoms with Gasteiger partial charge in [-0.05, 0) is 37.1 Å². The van der Waals surface area contributed by atoms with Gasteiger partial charge >= 0.3 is 6.18 Å². The Labute approximate surface area is 116 Å². The van der Waals surface area contributed by atoms with E-state index in [-0.39, 0.29) is 11.4 Å². The van der Waals surface area contributed by atoms with E-state index in [1.54, 1.807) is 0 Å². The number of hydrogen-bond donors (Lipinski definition) is 1. The van der Waals surface area contributed by atoms with Crippen molar-refractivity contribution in [3.8, 4) is 0 Å². The Kier molecular flexibility index (Phi) is 4.61. The van der Waals surface area contributed by atoms with Gasteiger partial charge in [-0.25, -0.2) is 0 Å². The number of anilines is 1. The SMILES string of the molecule is FC(F)(F)c1ccc(NC2CCCCCC2Cl)cc1. The quantitative estimate of drug-likeness (QED) is 0.593. The van der Waals surface area contributed by atoms with Crippen LogP contribution in [0, 0.1) is 0 Å². The fraction of sp³-hybridized carbons (Fsp3) is 0.571. The molecule has 1 fully saturated rings. The first kappa shape index (κ1) is 14.5. The summed E-state index contributed by atoms with van der Waals surface area (Å²) in [7, 11) is 0. The Bertz CT molecular complexity index is 402. The maximum atomic E-state index is 12.5. The number of hydrogen-bond acceptors (Lipinski definition) is 1. The Hall–Kier alpha value is -0.900. The van der Waals surface area contributed by atoms with Crippen molar-refractivity contribution in [3.63, 3.8) is 0 Å². The summed E-state index contributed by atoms with van der Waals surface area (Å²) in [4.78, 5) is 0. The van der Waals surface area contributed by atoms with Crippen LogP contribution in [-0.2, 0) is 6.18 Å². The first-order chi connectivity index (χ1) is 8.97. The van der Waals surface area contributed by atoms with Gasteiger partial charge in [0.1, 0.15) is 0 Å². The van der Waals surface area contributed by atoms with Crippen molar-refractivity contribution < 1.29 is 13.2 Å². The number of nitrogens with one attached hydrogen (secondary N) is 1. The molecule has 0 spiro atoms. The minimum absolute atomic E-state index is 0.0461. The predicted octanol–water partition coefficient (Wildman–Crippen LogP) is 5.06. The molecule has 1 aromatic carbocycles. The van der Waals surface area contributed by atoms with Crippen LogP contribution in [0.1, 0.15) is 37.7 Å². The van der Waals surface area contributed by atoms with Crippen LogP contribution in [0.4, 0.5) is 18.9 Å². The highest BCUT2D eigenvalue weighted by Gasteiger charge is 2.30. The Morgan fingerprint density at radius 3 is 2.26 bits per heavy atom. The molecule has 106 valence electrons. The summed E-state index contributed by atoms with van der Waals surface area (Å²) in [5.74, 6) is 0. The Morgan fingerprint density at radius 2 is 1.63 bits per heavy atom. The average molecular weight is 292 g/mol. The highest BCUT2D eigenvalue weighted by Crippen LogP contribution is 2.31. The zero-order valence-corrected chi connectivity index (χ0v) is 11.3. The van der Waals surface area contributed by atoms with Gasteiger partial charge in [0.2, 0.25) is 0 Å². The van der Waals surface area contributed by atoms with Crippen molar-refractivity contribution >= 4 is 17.3 Å². The lowest BCUT2D eigenvalue weighted by Crippen LogP contribution is -2.28. The van der Waals surface area contributed by atoms with Gasteiger partial charge in [0.05, 0.1) is 10.9 Å². The normalized spacial score (nSPS) is 24.8. The van der Waals surface area contributed by atoms with E-state index in [1.807, 2.05) is 0 Å². The molecule has 0 heterocycles. The minimum Gasteiger partial charge on any atom is -0.381 e. The van der Waals surface area contributed by atoms with Gasteiger partial charge in [0.25, 0.3) is 0 Å². The van der Waals surface area contributed by atoms with Crippen molar-refractivity contribution in [2.24, 2.45) is 0 Å². The molecule has 1 aromatic rings. The maximum Gasteiger partial charge on any atom is 0.416 e. The smallest absolute Gasteiger partial charge is 0.381 e. The molecule has 2 unspecified atom stereocenters. The molecule has 19 heavy (non-hydrogen) atoms. The molecule has 1 nitrogen and oxygen atoms in total.